The van der Waals surface area contributed by atoms with E-state index in [9.17, 15) is 14.0 Å². The smallest absolute Gasteiger partial charge is 0.387 e. The van der Waals surface area contributed by atoms with Crippen LogP contribution in [0.1, 0.15) is 31.0 Å². The van der Waals surface area contributed by atoms with Crippen molar-refractivity contribution in [2.75, 3.05) is 23.3 Å². The molecule has 31 heavy (non-hydrogen) atoms. The predicted molar refractivity (Wildman–Crippen MR) is 113 cm³/mol. The van der Waals surface area contributed by atoms with E-state index in [0.29, 0.717) is 22.2 Å². The first-order valence-corrected chi connectivity index (χ1v) is 10.2. The van der Waals surface area contributed by atoms with Crippen LogP contribution >= 0.6 is 0 Å². The van der Waals surface area contributed by atoms with Crippen LogP contribution in [0.5, 0.6) is 5.75 Å². The van der Waals surface area contributed by atoms with Crippen LogP contribution < -0.4 is 15.0 Å². The Labute approximate surface area is 178 Å². The fourth-order valence-corrected chi connectivity index (χ4v) is 3.80. The van der Waals surface area contributed by atoms with Gasteiger partial charge in [-0.15, -0.1) is 0 Å². The minimum Gasteiger partial charge on any atom is -0.435 e. The molecule has 0 atom stereocenters. The van der Waals surface area contributed by atoms with Crippen molar-refractivity contribution in [3.8, 4) is 11.8 Å². The molecule has 9 heteroatoms. The van der Waals surface area contributed by atoms with E-state index >= 15 is 0 Å². The van der Waals surface area contributed by atoms with Crippen molar-refractivity contribution in [2.24, 2.45) is 0 Å². The summed E-state index contributed by atoms with van der Waals surface area (Å²) in [6, 6.07) is 8.85. The highest BCUT2D eigenvalue weighted by Crippen LogP contribution is 2.31. The number of hydrogen-bond donors (Lipinski definition) is 1. The lowest BCUT2D eigenvalue weighted by atomic mass is 10.0. The normalized spacial score (nSPS) is 14.6. The van der Waals surface area contributed by atoms with Crippen LogP contribution in [-0.2, 0) is 6.42 Å². The number of nitrogens with zero attached hydrogens (tertiary/aromatic N) is 5. The zero-order valence-electron chi connectivity index (χ0n) is 17.1. The number of alkyl halides is 2. The number of aryl methyl sites for hydroxylation is 1. The summed E-state index contributed by atoms with van der Waals surface area (Å²) in [5, 5.41) is 13.6. The Morgan fingerprint density at radius 2 is 2.03 bits per heavy atom. The molecule has 160 valence electrons. The number of piperidine rings is 1. The van der Waals surface area contributed by atoms with Crippen molar-refractivity contribution in [3.63, 3.8) is 0 Å². The van der Waals surface area contributed by atoms with Crippen LogP contribution in [-0.4, -0.2) is 40.7 Å². The molecule has 3 aromatic rings. The zero-order chi connectivity index (χ0) is 21.8. The molecule has 1 aromatic carbocycles. The fraction of sp³-hybridized carbons (Fsp3) is 0.364. The molecule has 0 amide bonds. The van der Waals surface area contributed by atoms with Crippen LogP contribution in [0.2, 0.25) is 0 Å². The third kappa shape index (κ3) is 4.63. The van der Waals surface area contributed by atoms with E-state index in [0.717, 1.165) is 43.9 Å². The number of nitrogens with one attached hydrogen (secondary N) is 1. The molecule has 0 saturated carbocycles. The first-order chi connectivity index (χ1) is 15.1. The lowest BCUT2D eigenvalue weighted by molar-refractivity contribution is -0.0497. The number of benzene rings is 1. The van der Waals surface area contributed by atoms with Crippen LogP contribution in [0, 0.1) is 11.3 Å². The fourth-order valence-electron chi connectivity index (χ4n) is 3.80. The van der Waals surface area contributed by atoms with E-state index in [1.807, 2.05) is 6.07 Å². The molecule has 0 aliphatic carbocycles. The highest BCUT2D eigenvalue weighted by Gasteiger charge is 2.22. The monoisotopic (exact) mass is 424 g/mol. The number of rotatable bonds is 6. The van der Waals surface area contributed by atoms with Crippen LogP contribution in [0.25, 0.3) is 10.9 Å². The van der Waals surface area contributed by atoms with Gasteiger partial charge in [-0.3, -0.25) is 4.98 Å². The first-order valence-electron chi connectivity index (χ1n) is 10.2. The minimum absolute atomic E-state index is 0.0350. The SMILES string of the molecule is CCc1cc(N2CCC(Nc3c(C#N)cnc4ccc(OC(F)F)cc34)CC2)ncn1. The Hall–Kier alpha value is -3.54. The summed E-state index contributed by atoms with van der Waals surface area (Å²) in [5.74, 6) is 0.957. The number of hydrogen-bond acceptors (Lipinski definition) is 7. The molecular weight excluding hydrogens is 402 g/mol. The maximum atomic E-state index is 12.6. The summed E-state index contributed by atoms with van der Waals surface area (Å²) in [5.41, 5.74) is 2.58. The van der Waals surface area contributed by atoms with Crippen LogP contribution in [0.4, 0.5) is 20.3 Å². The minimum atomic E-state index is -2.92. The summed E-state index contributed by atoms with van der Waals surface area (Å²) >= 11 is 0. The van der Waals surface area contributed by atoms with Crippen LogP contribution in [0.15, 0.2) is 36.8 Å². The van der Waals surface area contributed by atoms with Gasteiger partial charge in [0.2, 0.25) is 0 Å². The highest BCUT2D eigenvalue weighted by atomic mass is 19.3. The van der Waals surface area contributed by atoms with Crippen molar-refractivity contribution >= 4 is 22.4 Å². The van der Waals surface area contributed by atoms with E-state index in [1.165, 1.54) is 18.3 Å². The third-order valence-electron chi connectivity index (χ3n) is 5.42. The molecule has 0 bridgehead atoms. The van der Waals surface area contributed by atoms with Gasteiger partial charge in [0.05, 0.1) is 16.8 Å². The predicted octanol–water partition coefficient (Wildman–Crippen LogP) is 4.14. The number of anilines is 2. The Morgan fingerprint density at radius 3 is 2.74 bits per heavy atom. The molecule has 7 nitrogen and oxygen atoms in total. The third-order valence-corrected chi connectivity index (χ3v) is 5.42. The number of halogens is 2. The van der Waals surface area contributed by atoms with Gasteiger partial charge in [0, 0.05) is 42.5 Å². The molecule has 3 heterocycles. The quantitative estimate of drug-likeness (QED) is 0.636. The topological polar surface area (TPSA) is 87.0 Å². The second-order valence-electron chi connectivity index (χ2n) is 7.34. The summed E-state index contributed by atoms with van der Waals surface area (Å²) in [4.78, 5) is 15.1. The van der Waals surface area contributed by atoms with Gasteiger partial charge in [0.1, 0.15) is 24.0 Å². The van der Waals surface area contributed by atoms with Crippen molar-refractivity contribution in [3.05, 3.63) is 48.0 Å². The zero-order valence-corrected chi connectivity index (χ0v) is 17.1. The average molecular weight is 424 g/mol. The highest BCUT2D eigenvalue weighted by molar-refractivity contribution is 5.95. The molecule has 4 rings (SSSR count). The van der Waals surface area contributed by atoms with E-state index < -0.39 is 6.61 Å². The van der Waals surface area contributed by atoms with Crippen LogP contribution in [0.3, 0.4) is 0 Å². The maximum absolute atomic E-state index is 12.6. The molecule has 1 fully saturated rings. The molecule has 0 unspecified atom stereocenters. The van der Waals surface area contributed by atoms with E-state index in [1.54, 1.807) is 12.4 Å². The maximum Gasteiger partial charge on any atom is 0.387 e. The van der Waals surface area contributed by atoms with Gasteiger partial charge in [-0.25, -0.2) is 9.97 Å². The van der Waals surface area contributed by atoms with Gasteiger partial charge in [-0.05, 0) is 37.5 Å². The summed E-state index contributed by atoms with van der Waals surface area (Å²) in [7, 11) is 0. The number of pyridine rings is 1. The Bertz CT molecular complexity index is 1110. The largest absolute Gasteiger partial charge is 0.435 e. The Kier molecular flexibility index (Phi) is 6.07. The van der Waals surface area contributed by atoms with Crippen molar-refractivity contribution in [1.82, 2.24) is 15.0 Å². The molecule has 0 radical (unpaired) electrons. The summed E-state index contributed by atoms with van der Waals surface area (Å²) < 4.78 is 29.8. The summed E-state index contributed by atoms with van der Waals surface area (Å²) in [6.45, 7) is 0.761. The summed E-state index contributed by atoms with van der Waals surface area (Å²) in [6.07, 6.45) is 5.64. The van der Waals surface area contributed by atoms with Crippen molar-refractivity contribution in [2.45, 2.75) is 38.8 Å². The van der Waals surface area contributed by atoms with Gasteiger partial charge >= 0.3 is 6.61 Å². The van der Waals surface area contributed by atoms with E-state index in [2.05, 4.69) is 42.9 Å². The molecule has 1 aliphatic heterocycles. The lowest BCUT2D eigenvalue weighted by Gasteiger charge is -2.34. The van der Waals surface area contributed by atoms with Gasteiger partial charge in [-0.2, -0.15) is 14.0 Å². The van der Waals surface area contributed by atoms with Gasteiger partial charge < -0.3 is 15.0 Å². The second-order valence-corrected chi connectivity index (χ2v) is 7.34. The van der Waals surface area contributed by atoms with E-state index in [4.69, 9.17) is 0 Å². The van der Waals surface area contributed by atoms with E-state index in [-0.39, 0.29) is 11.8 Å². The van der Waals surface area contributed by atoms with Gasteiger partial charge in [-0.1, -0.05) is 6.92 Å². The molecule has 1 N–H and O–H groups in total. The number of aromatic nitrogens is 3. The van der Waals surface area contributed by atoms with Crippen molar-refractivity contribution in [1.29, 1.82) is 5.26 Å². The van der Waals surface area contributed by atoms with Gasteiger partial charge in [0.25, 0.3) is 0 Å². The molecule has 1 aliphatic rings. The molecule has 0 spiro atoms. The Morgan fingerprint density at radius 1 is 1.23 bits per heavy atom. The number of nitriles is 1. The number of fused-ring (bicyclic) bond motifs is 1. The lowest BCUT2D eigenvalue weighted by Crippen LogP contribution is -2.39. The first kappa shape index (κ1) is 20.7. The Balaban J connectivity index is 1.53. The van der Waals surface area contributed by atoms with Crippen molar-refractivity contribution < 1.29 is 13.5 Å². The average Bonchev–Trinajstić information content (AvgIpc) is 2.79. The van der Waals surface area contributed by atoms with Gasteiger partial charge in [0.15, 0.2) is 0 Å². The molecular formula is C22H22F2N6O. The number of ether oxygens (including phenoxy) is 1. The second kappa shape index (κ2) is 9.08. The molecule has 1 saturated heterocycles. The molecule has 2 aromatic heterocycles. The standard InChI is InChI=1S/C22H22F2N6O/c1-2-15-9-20(28-13-27-15)30-7-5-16(6-8-30)29-21-14(11-25)12-26-19-4-3-17(10-18(19)21)31-22(23)24/h3-4,9-10,12-13,16,22H,2,5-8H2,1H3,(H,26,29).